The molecule has 0 saturated heterocycles. The van der Waals surface area contributed by atoms with Crippen molar-refractivity contribution < 1.29 is 0 Å². The van der Waals surface area contributed by atoms with E-state index in [-0.39, 0.29) is 52.8 Å². The number of rotatable bonds is 6. The van der Waals surface area contributed by atoms with Gasteiger partial charge in [-0.2, -0.15) is 0 Å². The summed E-state index contributed by atoms with van der Waals surface area (Å²) in [4.78, 5) is 0. The summed E-state index contributed by atoms with van der Waals surface area (Å²) >= 11 is -3.60. The van der Waals surface area contributed by atoms with Crippen LogP contribution in [0.15, 0.2) is 108 Å². The first-order valence-electron chi connectivity index (χ1n) is 28.1. The van der Waals surface area contributed by atoms with Crippen LogP contribution in [-0.2, 0) is 43.3 Å². The van der Waals surface area contributed by atoms with Crippen LogP contribution in [0.4, 0.5) is 0 Å². The van der Waals surface area contributed by atoms with Crippen molar-refractivity contribution in [2.24, 2.45) is 0 Å². The molecule has 0 fully saturated rings. The molecule has 0 unspecified atom stereocenters. The van der Waals surface area contributed by atoms with Gasteiger partial charge in [0.05, 0.1) is 0 Å². The molecule has 1 aliphatic heterocycles. The second kappa shape index (κ2) is 18.7. The summed E-state index contributed by atoms with van der Waals surface area (Å²) in [5.41, 5.74) is 26.5. The van der Waals surface area contributed by atoms with Gasteiger partial charge in [0.25, 0.3) is 0 Å². The summed E-state index contributed by atoms with van der Waals surface area (Å²) in [6.45, 7) is 62.8. The fraction of sp³-hybridized carbons (Fsp3) is 0.528. The molecule has 0 saturated carbocycles. The molecule has 0 nitrogen and oxygen atoms in total. The summed E-state index contributed by atoms with van der Waals surface area (Å²) < 4.78 is 0.545. The number of benzene rings is 4. The molecule has 0 amide bonds. The Kier molecular flexibility index (Phi) is 14.6. The third-order valence-corrected chi connectivity index (χ3v) is 29.6. The van der Waals surface area contributed by atoms with Gasteiger partial charge >= 0.3 is 454 Å². The van der Waals surface area contributed by atoms with E-state index in [1.165, 1.54) is 77.3 Å². The van der Waals surface area contributed by atoms with Crippen molar-refractivity contribution in [1.29, 1.82) is 0 Å². The normalized spacial score (nSPS) is 17.9. The number of allylic oxidation sites excluding steroid dienone is 10. The average molecular weight is 1040 g/mol. The third kappa shape index (κ3) is 11.6. The summed E-state index contributed by atoms with van der Waals surface area (Å²) in [5.74, 6) is 0. The minimum atomic E-state index is -3.60. The molecule has 0 spiro atoms. The Hall–Kier alpha value is -3.88. The molecule has 1 heteroatoms. The molecule has 4 aromatic carbocycles. The van der Waals surface area contributed by atoms with Crippen LogP contribution in [0.1, 0.15) is 247 Å². The van der Waals surface area contributed by atoms with Gasteiger partial charge in [-0.15, -0.1) is 0 Å². The fourth-order valence-electron chi connectivity index (χ4n) is 11.9. The molecule has 2 aliphatic carbocycles. The van der Waals surface area contributed by atoms with Gasteiger partial charge in [-0.25, -0.2) is 0 Å². The van der Waals surface area contributed by atoms with Gasteiger partial charge in [-0.05, 0) is 0 Å². The van der Waals surface area contributed by atoms with Crippen LogP contribution in [0.3, 0.4) is 0 Å². The van der Waals surface area contributed by atoms with Gasteiger partial charge < -0.3 is 0 Å². The summed E-state index contributed by atoms with van der Waals surface area (Å²) in [6, 6.07) is 31.0. The molecule has 4 aromatic rings. The van der Waals surface area contributed by atoms with Crippen molar-refractivity contribution in [3.8, 4) is 0 Å². The SMILES string of the molecule is CC1=C(C)[CH2][Ge]([CH]2C(c3cc(C(C)(C)C)cc(C(C)(C)C)c3)=CC=C2c2cc(C(C)(C)C)cc(C(C)(C)C)c2)([CH]2C(c3cc(C(C)(C)C)cc(C(C)(C)C)c3)=CC=C2c2cc(C(C)(C)C)cc(C(C)(C)C)c2)[CH2]1. The molecule has 392 valence electrons. The minimum absolute atomic E-state index is 0.00623. The molecule has 0 bridgehead atoms. The average Bonchev–Trinajstić information content (AvgIpc) is 3.97. The van der Waals surface area contributed by atoms with Crippen LogP contribution in [0.25, 0.3) is 22.3 Å². The van der Waals surface area contributed by atoms with Crippen LogP contribution in [0.2, 0.25) is 20.0 Å². The van der Waals surface area contributed by atoms with Gasteiger partial charge in [0.1, 0.15) is 0 Å². The molecule has 0 radical (unpaired) electrons. The molecule has 7 rings (SSSR count). The Morgan fingerprint density at radius 1 is 0.260 bits per heavy atom. The summed E-state index contributed by atoms with van der Waals surface area (Å²) in [5, 5.41) is 2.41. The first-order valence-corrected chi connectivity index (χ1v) is 33.5. The Balaban J connectivity index is 1.66. The van der Waals surface area contributed by atoms with Crippen molar-refractivity contribution in [2.45, 2.75) is 243 Å². The van der Waals surface area contributed by atoms with Crippen LogP contribution < -0.4 is 0 Å². The van der Waals surface area contributed by atoms with E-state index in [1.54, 1.807) is 33.4 Å². The quantitative estimate of drug-likeness (QED) is 0.133. The Morgan fingerprint density at radius 2 is 0.411 bits per heavy atom. The van der Waals surface area contributed by atoms with Gasteiger partial charge in [0.2, 0.25) is 0 Å². The number of hydrogen-bond acceptors (Lipinski definition) is 0. The van der Waals surface area contributed by atoms with Gasteiger partial charge in [0.15, 0.2) is 0 Å². The van der Waals surface area contributed by atoms with Crippen LogP contribution in [0, 0.1) is 0 Å². The molecule has 0 atom stereocenters. The van der Waals surface area contributed by atoms with E-state index in [1.807, 2.05) is 0 Å². The third-order valence-electron chi connectivity index (χ3n) is 17.2. The van der Waals surface area contributed by atoms with Crippen LogP contribution >= 0.6 is 0 Å². The fourth-order valence-corrected chi connectivity index (χ4v) is 27.4. The predicted molar refractivity (Wildman–Crippen MR) is 329 cm³/mol. The van der Waals surface area contributed by atoms with Crippen molar-refractivity contribution in [1.82, 2.24) is 0 Å². The zero-order valence-corrected chi connectivity index (χ0v) is 53.4. The van der Waals surface area contributed by atoms with Gasteiger partial charge in [0, 0.05) is 0 Å². The monoisotopic (exact) mass is 1040 g/mol. The zero-order valence-electron chi connectivity index (χ0n) is 51.3. The van der Waals surface area contributed by atoms with Gasteiger partial charge in [-0.1, -0.05) is 0 Å². The van der Waals surface area contributed by atoms with Crippen molar-refractivity contribution in [3.05, 3.63) is 175 Å². The molecule has 0 N–H and O–H groups in total. The molecule has 1 heterocycles. The Bertz CT molecular complexity index is 2440. The molecular formula is C72H100Ge. The van der Waals surface area contributed by atoms with E-state index in [9.17, 15) is 0 Å². The Labute approximate surface area is 451 Å². The van der Waals surface area contributed by atoms with Gasteiger partial charge in [-0.3, -0.25) is 0 Å². The van der Waals surface area contributed by atoms with E-state index >= 15 is 0 Å². The Morgan fingerprint density at radius 3 is 0.548 bits per heavy atom. The maximum absolute atomic E-state index is 3.60. The topological polar surface area (TPSA) is 0 Å². The first kappa shape index (κ1) is 56.8. The van der Waals surface area contributed by atoms with E-state index in [0.29, 0.717) is 0 Å². The maximum atomic E-state index is 2.63. The molecular weight excluding hydrogens is 937 g/mol. The van der Waals surface area contributed by atoms with E-state index < -0.39 is 13.3 Å². The molecule has 3 aliphatic rings. The second-order valence-electron chi connectivity index (χ2n) is 31.7. The van der Waals surface area contributed by atoms with Crippen LogP contribution in [0.5, 0.6) is 0 Å². The van der Waals surface area contributed by atoms with Crippen LogP contribution in [-0.4, -0.2) is 13.3 Å². The number of hydrogen-bond donors (Lipinski definition) is 0. The first-order chi connectivity index (χ1) is 33.0. The van der Waals surface area contributed by atoms with Crippen molar-refractivity contribution in [3.63, 3.8) is 0 Å². The van der Waals surface area contributed by atoms with E-state index in [4.69, 9.17) is 0 Å². The summed E-state index contributed by atoms with van der Waals surface area (Å²) in [6.07, 6.45) is 10.5. The predicted octanol–water partition coefficient (Wildman–Crippen LogP) is 21.3. The second-order valence-corrected chi connectivity index (χ2v) is 40.8. The zero-order chi connectivity index (χ0) is 54.8. The van der Waals surface area contributed by atoms with Crippen molar-refractivity contribution >= 4 is 35.6 Å². The molecule has 0 aromatic heterocycles. The van der Waals surface area contributed by atoms with Crippen molar-refractivity contribution in [2.75, 3.05) is 0 Å². The van der Waals surface area contributed by atoms with E-state index in [0.717, 1.165) is 0 Å². The molecule has 73 heavy (non-hydrogen) atoms. The standard InChI is InChI=1S/C72H100Ge/c1-45-43-73(44-46(45)2,63-59(47-31-51(65(3,4)5)39-52(32-47)66(6,7)8)27-28-60(63)48-33-53(67(9,10)11)40-54(34-48)68(12,13)14)64-61(49-35-55(69(15,16)17)41-56(36-49)70(18,19)20)29-30-62(64)50-37-57(71(21,22)23)42-58(38-50)72(24,25)26/h27-42,63-64H,43-44H2,1-26H3. The van der Waals surface area contributed by atoms with E-state index in [2.05, 4.69) is 277 Å². The summed E-state index contributed by atoms with van der Waals surface area (Å²) in [7, 11) is 0.